The minimum atomic E-state index is -0.174. The van der Waals surface area contributed by atoms with Crippen molar-refractivity contribution in [3.63, 3.8) is 0 Å². The van der Waals surface area contributed by atoms with Gasteiger partial charge in [0.05, 0.1) is 19.3 Å². The van der Waals surface area contributed by atoms with E-state index in [2.05, 4.69) is 44.2 Å². The summed E-state index contributed by atoms with van der Waals surface area (Å²) >= 11 is 1.75. The van der Waals surface area contributed by atoms with Gasteiger partial charge in [0.25, 0.3) is 0 Å². The first-order valence-electron chi connectivity index (χ1n) is 9.82. The summed E-state index contributed by atoms with van der Waals surface area (Å²) in [6, 6.07) is 4.59. The monoisotopic (exact) mass is 402 g/mol. The number of ether oxygens (including phenoxy) is 1. The third kappa shape index (κ3) is 4.43. The fraction of sp³-hybridized carbons (Fsp3) is 0.526. The minimum absolute atomic E-state index is 0.174. The zero-order valence-corrected chi connectivity index (χ0v) is 16.9. The Bertz CT molecular complexity index is 972. The molecule has 1 saturated heterocycles. The van der Waals surface area contributed by atoms with Crippen LogP contribution < -0.4 is 15.7 Å². The van der Waals surface area contributed by atoms with Gasteiger partial charge in [-0.3, -0.25) is 9.47 Å². The standard InChI is InChI=1S/C19H26N6O2S/c1-2-3-10-27-18-21-11-16-17(23-18)25(19(26)22-16)13-15-5-4-14(28-15)12-24-8-6-20-7-9-24/h4-5,11,20H,2-3,6-10,12-13H2,1H3,(H,22,26). The van der Waals surface area contributed by atoms with Gasteiger partial charge in [-0.25, -0.2) is 9.78 Å². The maximum Gasteiger partial charge on any atom is 0.328 e. The van der Waals surface area contributed by atoms with E-state index in [1.807, 2.05) is 0 Å². The van der Waals surface area contributed by atoms with Gasteiger partial charge in [0.2, 0.25) is 0 Å². The predicted octanol–water partition coefficient (Wildman–Crippen LogP) is 1.81. The second-order valence-corrected chi connectivity index (χ2v) is 8.26. The molecule has 0 radical (unpaired) electrons. The van der Waals surface area contributed by atoms with Gasteiger partial charge < -0.3 is 15.0 Å². The molecule has 3 aromatic rings. The summed E-state index contributed by atoms with van der Waals surface area (Å²) < 4.78 is 7.26. The first-order valence-corrected chi connectivity index (χ1v) is 10.6. The molecule has 8 nitrogen and oxygen atoms in total. The molecule has 4 heterocycles. The van der Waals surface area contributed by atoms with Crippen molar-refractivity contribution >= 4 is 22.5 Å². The molecule has 1 aliphatic rings. The number of hydrogen-bond acceptors (Lipinski definition) is 7. The summed E-state index contributed by atoms with van der Waals surface area (Å²) in [5.41, 5.74) is 1.04. The third-order valence-electron chi connectivity index (χ3n) is 4.84. The van der Waals surface area contributed by atoms with Crippen LogP contribution in [0.15, 0.2) is 23.1 Å². The molecule has 1 aliphatic heterocycles. The fourth-order valence-electron chi connectivity index (χ4n) is 3.29. The second kappa shape index (κ2) is 8.85. The molecule has 28 heavy (non-hydrogen) atoms. The van der Waals surface area contributed by atoms with Crippen molar-refractivity contribution in [2.24, 2.45) is 0 Å². The number of rotatable bonds is 8. The number of H-pyrrole nitrogens is 1. The maximum atomic E-state index is 12.4. The molecule has 3 aromatic heterocycles. The maximum absolute atomic E-state index is 12.4. The van der Waals surface area contributed by atoms with Gasteiger partial charge in [0, 0.05) is 42.5 Å². The lowest BCUT2D eigenvalue weighted by Crippen LogP contribution is -2.42. The molecule has 150 valence electrons. The number of unbranched alkanes of at least 4 members (excludes halogenated alkanes) is 1. The molecule has 0 amide bonds. The number of fused-ring (bicyclic) bond motifs is 1. The predicted molar refractivity (Wildman–Crippen MR) is 110 cm³/mol. The highest BCUT2D eigenvalue weighted by molar-refractivity contribution is 7.11. The average molecular weight is 403 g/mol. The van der Waals surface area contributed by atoms with E-state index in [0.29, 0.717) is 30.3 Å². The Balaban J connectivity index is 1.50. The largest absolute Gasteiger partial charge is 0.463 e. The lowest BCUT2D eigenvalue weighted by Gasteiger charge is -2.26. The van der Waals surface area contributed by atoms with Crippen molar-refractivity contribution in [1.82, 2.24) is 29.7 Å². The Morgan fingerprint density at radius 1 is 1.21 bits per heavy atom. The van der Waals surface area contributed by atoms with Crippen LogP contribution in [0.4, 0.5) is 0 Å². The van der Waals surface area contributed by atoms with Crippen molar-refractivity contribution in [1.29, 1.82) is 0 Å². The normalized spacial score (nSPS) is 15.3. The summed E-state index contributed by atoms with van der Waals surface area (Å²) in [6.45, 7) is 8.39. The number of thiophene rings is 1. The summed E-state index contributed by atoms with van der Waals surface area (Å²) in [5, 5.41) is 3.38. The van der Waals surface area contributed by atoms with Crippen molar-refractivity contribution in [2.45, 2.75) is 32.9 Å². The molecular formula is C19H26N6O2S. The molecular weight excluding hydrogens is 376 g/mol. The summed E-state index contributed by atoms with van der Waals surface area (Å²) in [5.74, 6) is 0. The van der Waals surface area contributed by atoms with E-state index in [-0.39, 0.29) is 5.69 Å². The lowest BCUT2D eigenvalue weighted by molar-refractivity contribution is 0.235. The molecule has 2 N–H and O–H groups in total. The van der Waals surface area contributed by atoms with Gasteiger partial charge in [-0.15, -0.1) is 11.3 Å². The molecule has 0 bridgehead atoms. The number of nitrogens with one attached hydrogen (secondary N) is 2. The molecule has 9 heteroatoms. The Kier molecular flexibility index (Phi) is 6.04. The lowest BCUT2D eigenvalue weighted by atomic mass is 10.3. The summed E-state index contributed by atoms with van der Waals surface area (Å²) in [6.07, 6.45) is 3.61. The van der Waals surface area contributed by atoms with Crippen molar-refractivity contribution in [2.75, 3.05) is 32.8 Å². The van der Waals surface area contributed by atoms with Crippen LogP contribution in [0.5, 0.6) is 6.01 Å². The molecule has 4 rings (SSSR count). The zero-order valence-electron chi connectivity index (χ0n) is 16.1. The molecule has 0 aliphatic carbocycles. The van der Waals surface area contributed by atoms with E-state index in [9.17, 15) is 4.79 Å². The average Bonchev–Trinajstić information content (AvgIpc) is 3.27. The molecule has 0 saturated carbocycles. The summed E-state index contributed by atoms with van der Waals surface area (Å²) in [7, 11) is 0. The Morgan fingerprint density at radius 2 is 2.00 bits per heavy atom. The van der Waals surface area contributed by atoms with Crippen LogP contribution in [0.3, 0.4) is 0 Å². The van der Waals surface area contributed by atoms with Crippen molar-refractivity contribution in [3.05, 3.63) is 38.6 Å². The quantitative estimate of drug-likeness (QED) is 0.559. The van der Waals surface area contributed by atoms with Crippen molar-refractivity contribution in [3.8, 4) is 6.01 Å². The highest BCUT2D eigenvalue weighted by Crippen LogP contribution is 2.21. The van der Waals surface area contributed by atoms with E-state index >= 15 is 0 Å². The molecule has 0 spiro atoms. The Hall–Kier alpha value is -2.23. The zero-order chi connectivity index (χ0) is 19.3. The van der Waals surface area contributed by atoms with Gasteiger partial charge in [0.15, 0.2) is 5.65 Å². The smallest absolute Gasteiger partial charge is 0.328 e. The van der Waals surface area contributed by atoms with E-state index in [1.54, 1.807) is 22.1 Å². The molecule has 0 atom stereocenters. The van der Waals surface area contributed by atoms with Gasteiger partial charge in [-0.05, 0) is 18.6 Å². The van der Waals surface area contributed by atoms with Gasteiger partial charge in [-0.1, -0.05) is 13.3 Å². The minimum Gasteiger partial charge on any atom is -0.463 e. The van der Waals surface area contributed by atoms with Gasteiger partial charge in [0.1, 0.15) is 5.52 Å². The van der Waals surface area contributed by atoms with Crippen LogP contribution in [0.25, 0.3) is 11.2 Å². The SMILES string of the molecule is CCCCOc1ncc2[nH]c(=O)n(Cc3ccc(CN4CCNCC4)s3)c2n1. The first kappa shape index (κ1) is 19.1. The number of nitrogens with zero attached hydrogens (tertiary/aromatic N) is 4. The van der Waals surface area contributed by atoms with E-state index in [4.69, 9.17) is 4.74 Å². The topological polar surface area (TPSA) is 88.1 Å². The highest BCUT2D eigenvalue weighted by Gasteiger charge is 2.14. The third-order valence-corrected chi connectivity index (χ3v) is 5.89. The first-order chi connectivity index (χ1) is 13.7. The number of piperazine rings is 1. The van der Waals surface area contributed by atoms with Crippen LogP contribution in [-0.2, 0) is 13.1 Å². The highest BCUT2D eigenvalue weighted by atomic mass is 32.1. The van der Waals surface area contributed by atoms with E-state index in [1.165, 1.54) is 4.88 Å². The number of hydrogen-bond donors (Lipinski definition) is 2. The van der Waals surface area contributed by atoms with Gasteiger partial charge >= 0.3 is 11.7 Å². The van der Waals surface area contributed by atoms with Crippen LogP contribution >= 0.6 is 11.3 Å². The van der Waals surface area contributed by atoms with Gasteiger partial charge in [-0.2, -0.15) is 4.98 Å². The van der Waals surface area contributed by atoms with E-state index < -0.39 is 0 Å². The van der Waals surface area contributed by atoms with Crippen LogP contribution in [-0.4, -0.2) is 57.2 Å². The molecule has 0 unspecified atom stereocenters. The fourth-order valence-corrected chi connectivity index (χ4v) is 4.34. The Morgan fingerprint density at radius 3 is 2.79 bits per heavy atom. The van der Waals surface area contributed by atoms with Crippen LogP contribution in [0.2, 0.25) is 0 Å². The number of imidazole rings is 1. The second-order valence-electron chi connectivity index (χ2n) is 7.00. The van der Waals surface area contributed by atoms with Crippen molar-refractivity contribution < 1.29 is 4.74 Å². The van der Waals surface area contributed by atoms with Crippen LogP contribution in [0, 0.1) is 0 Å². The van der Waals surface area contributed by atoms with Crippen LogP contribution in [0.1, 0.15) is 29.5 Å². The number of aromatic nitrogens is 4. The summed E-state index contributed by atoms with van der Waals surface area (Å²) in [4.78, 5) is 28.8. The Labute approximate surface area is 167 Å². The molecule has 1 fully saturated rings. The van der Waals surface area contributed by atoms with E-state index in [0.717, 1.165) is 50.4 Å². The number of aromatic amines is 1. The molecule has 0 aromatic carbocycles.